The normalized spacial score (nSPS) is 10.2. The third-order valence-electron chi connectivity index (χ3n) is 2.28. The van der Waals surface area contributed by atoms with Crippen LogP contribution >= 0.6 is 0 Å². The Morgan fingerprint density at radius 3 is 2.72 bits per heavy atom. The van der Waals surface area contributed by atoms with E-state index in [-0.39, 0.29) is 12.5 Å². The predicted molar refractivity (Wildman–Crippen MR) is 70.7 cm³/mol. The molecule has 0 unspecified atom stereocenters. The van der Waals surface area contributed by atoms with Gasteiger partial charge in [0.2, 0.25) is 0 Å². The van der Waals surface area contributed by atoms with Crippen LogP contribution in [0.15, 0.2) is 18.2 Å². The van der Waals surface area contributed by atoms with Crippen LogP contribution in [0.5, 0.6) is 11.5 Å². The zero-order chi connectivity index (χ0) is 13.5. The van der Waals surface area contributed by atoms with Crippen LogP contribution in [0.1, 0.15) is 13.8 Å². The number of nitrogens with two attached hydrogens (primary N) is 1. The van der Waals surface area contributed by atoms with Crippen molar-refractivity contribution in [2.24, 2.45) is 5.92 Å². The molecule has 0 radical (unpaired) electrons. The number of nitrogen functional groups attached to an aromatic ring is 1. The van der Waals surface area contributed by atoms with Crippen LogP contribution in [0.4, 0.5) is 5.69 Å². The van der Waals surface area contributed by atoms with Gasteiger partial charge in [-0.1, -0.05) is 13.8 Å². The molecule has 3 N–H and O–H groups in total. The number of ether oxygens (including phenoxy) is 2. The first-order valence-corrected chi connectivity index (χ1v) is 5.86. The smallest absolute Gasteiger partial charge is 0.257 e. The highest BCUT2D eigenvalue weighted by Crippen LogP contribution is 2.25. The minimum absolute atomic E-state index is 0.0154. The minimum atomic E-state index is -0.141. The number of carbonyl (C=O) groups is 1. The summed E-state index contributed by atoms with van der Waals surface area (Å²) >= 11 is 0. The maximum absolute atomic E-state index is 11.4. The van der Waals surface area contributed by atoms with E-state index in [4.69, 9.17) is 15.2 Å². The average molecular weight is 252 g/mol. The van der Waals surface area contributed by atoms with Crippen LogP contribution in [-0.2, 0) is 4.79 Å². The summed E-state index contributed by atoms with van der Waals surface area (Å²) in [5.74, 6) is 1.42. The first-order chi connectivity index (χ1) is 8.52. The Kier molecular flexibility index (Phi) is 5.30. The number of benzene rings is 1. The Bertz CT molecular complexity index is 405. The predicted octanol–water partition coefficient (Wildman–Crippen LogP) is 1.43. The van der Waals surface area contributed by atoms with Gasteiger partial charge in [0.15, 0.2) is 6.61 Å². The lowest BCUT2D eigenvalue weighted by molar-refractivity contribution is -0.123. The van der Waals surface area contributed by atoms with Crippen LogP contribution in [-0.4, -0.2) is 26.2 Å². The Balaban J connectivity index is 2.43. The second-order valence-electron chi connectivity index (χ2n) is 4.39. The first kappa shape index (κ1) is 14.2. The molecule has 0 heterocycles. The molecule has 0 spiro atoms. The second-order valence-corrected chi connectivity index (χ2v) is 4.39. The quantitative estimate of drug-likeness (QED) is 0.751. The van der Waals surface area contributed by atoms with E-state index in [0.29, 0.717) is 29.6 Å². The molecule has 1 amide bonds. The molecule has 18 heavy (non-hydrogen) atoms. The summed E-state index contributed by atoms with van der Waals surface area (Å²) in [6.07, 6.45) is 0. The van der Waals surface area contributed by atoms with Gasteiger partial charge in [-0.15, -0.1) is 0 Å². The van der Waals surface area contributed by atoms with Gasteiger partial charge in [-0.3, -0.25) is 4.79 Å². The van der Waals surface area contributed by atoms with Gasteiger partial charge in [-0.25, -0.2) is 0 Å². The molecule has 1 rings (SSSR count). The third kappa shape index (κ3) is 4.53. The number of anilines is 1. The number of carbonyl (C=O) groups excluding carboxylic acids is 1. The molecule has 100 valence electrons. The molecular weight excluding hydrogens is 232 g/mol. The highest BCUT2D eigenvalue weighted by Gasteiger charge is 2.05. The summed E-state index contributed by atoms with van der Waals surface area (Å²) < 4.78 is 10.4. The molecule has 5 heteroatoms. The topological polar surface area (TPSA) is 73.6 Å². The number of rotatable bonds is 6. The number of nitrogens with one attached hydrogen (secondary N) is 1. The Hall–Kier alpha value is -1.91. The van der Waals surface area contributed by atoms with Crippen molar-refractivity contribution < 1.29 is 14.3 Å². The monoisotopic (exact) mass is 252 g/mol. The Morgan fingerprint density at radius 1 is 1.44 bits per heavy atom. The standard InChI is InChI=1S/C13H20N2O3/c1-9(2)7-15-13(16)8-18-10-4-5-12(17-3)11(14)6-10/h4-6,9H,7-8,14H2,1-3H3,(H,15,16). The average Bonchev–Trinajstić information content (AvgIpc) is 2.34. The van der Waals surface area contributed by atoms with E-state index in [9.17, 15) is 4.79 Å². The van der Waals surface area contributed by atoms with Gasteiger partial charge in [0.05, 0.1) is 12.8 Å². The highest BCUT2D eigenvalue weighted by molar-refractivity contribution is 5.77. The van der Waals surface area contributed by atoms with Crippen molar-refractivity contribution in [2.45, 2.75) is 13.8 Å². The van der Waals surface area contributed by atoms with Gasteiger partial charge in [-0.2, -0.15) is 0 Å². The second kappa shape index (κ2) is 6.74. The van der Waals surface area contributed by atoms with E-state index in [0.717, 1.165) is 0 Å². The maximum Gasteiger partial charge on any atom is 0.257 e. The number of hydrogen-bond acceptors (Lipinski definition) is 4. The number of hydrogen-bond donors (Lipinski definition) is 2. The maximum atomic E-state index is 11.4. The summed E-state index contributed by atoms with van der Waals surface area (Å²) in [7, 11) is 1.55. The van der Waals surface area contributed by atoms with Crippen molar-refractivity contribution in [3.8, 4) is 11.5 Å². The third-order valence-corrected chi connectivity index (χ3v) is 2.28. The molecule has 5 nitrogen and oxygen atoms in total. The van der Waals surface area contributed by atoms with Gasteiger partial charge in [0, 0.05) is 12.6 Å². The van der Waals surface area contributed by atoms with Crippen LogP contribution in [0.2, 0.25) is 0 Å². The van der Waals surface area contributed by atoms with Crippen LogP contribution in [0.3, 0.4) is 0 Å². The van der Waals surface area contributed by atoms with Gasteiger partial charge in [0.1, 0.15) is 11.5 Å². The Morgan fingerprint density at radius 2 is 2.17 bits per heavy atom. The fraction of sp³-hybridized carbons (Fsp3) is 0.462. The van der Waals surface area contributed by atoms with Crippen LogP contribution < -0.4 is 20.5 Å². The zero-order valence-electron chi connectivity index (χ0n) is 11.0. The molecule has 0 aliphatic heterocycles. The van der Waals surface area contributed by atoms with E-state index in [1.807, 2.05) is 13.8 Å². The Labute approximate surface area is 107 Å². The fourth-order valence-electron chi connectivity index (χ4n) is 1.32. The van der Waals surface area contributed by atoms with Crippen molar-refractivity contribution in [3.63, 3.8) is 0 Å². The van der Waals surface area contributed by atoms with Gasteiger partial charge in [0.25, 0.3) is 5.91 Å². The van der Waals surface area contributed by atoms with E-state index in [2.05, 4.69) is 5.32 Å². The van der Waals surface area contributed by atoms with Crippen molar-refractivity contribution in [2.75, 3.05) is 26.0 Å². The van der Waals surface area contributed by atoms with Crippen LogP contribution in [0.25, 0.3) is 0 Å². The lowest BCUT2D eigenvalue weighted by atomic mass is 10.2. The fourth-order valence-corrected chi connectivity index (χ4v) is 1.32. The molecule has 0 aliphatic rings. The SMILES string of the molecule is COc1ccc(OCC(=O)NCC(C)C)cc1N. The summed E-state index contributed by atoms with van der Waals surface area (Å²) in [4.78, 5) is 11.4. The molecule has 1 aromatic carbocycles. The summed E-state index contributed by atoms with van der Waals surface area (Å²) in [6.45, 7) is 4.70. The lowest BCUT2D eigenvalue weighted by Crippen LogP contribution is -2.31. The molecule has 1 aromatic rings. The van der Waals surface area contributed by atoms with Gasteiger partial charge < -0.3 is 20.5 Å². The van der Waals surface area contributed by atoms with E-state index in [1.54, 1.807) is 25.3 Å². The summed E-state index contributed by atoms with van der Waals surface area (Å²) in [6, 6.07) is 5.05. The molecule has 0 bridgehead atoms. The van der Waals surface area contributed by atoms with Crippen molar-refractivity contribution in [1.29, 1.82) is 0 Å². The largest absolute Gasteiger partial charge is 0.495 e. The van der Waals surface area contributed by atoms with E-state index < -0.39 is 0 Å². The minimum Gasteiger partial charge on any atom is -0.495 e. The van der Waals surface area contributed by atoms with Gasteiger partial charge >= 0.3 is 0 Å². The van der Waals surface area contributed by atoms with E-state index >= 15 is 0 Å². The summed E-state index contributed by atoms with van der Waals surface area (Å²) in [5, 5.41) is 2.77. The van der Waals surface area contributed by atoms with Crippen molar-refractivity contribution in [1.82, 2.24) is 5.32 Å². The molecular formula is C13H20N2O3. The molecule has 0 aromatic heterocycles. The molecule has 0 fully saturated rings. The summed E-state index contributed by atoms with van der Waals surface area (Å²) in [5.41, 5.74) is 6.21. The van der Waals surface area contributed by atoms with Crippen molar-refractivity contribution >= 4 is 11.6 Å². The zero-order valence-corrected chi connectivity index (χ0v) is 11.0. The highest BCUT2D eigenvalue weighted by atomic mass is 16.5. The molecule has 0 saturated carbocycles. The molecule has 0 atom stereocenters. The number of amides is 1. The van der Waals surface area contributed by atoms with E-state index in [1.165, 1.54) is 0 Å². The first-order valence-electron chi connectivity index (χ1n) is 5.86. The molecule has 0 saturated heterocycles. The number of methoxy groups -OCH3 is 1. The van der Waals surface area contributed by atoms with Crippen LogP contribution in [0, 0.1) is 5.92 Å². The lowest BCUT2D eigenvalue weighted by Gasteiger charge is -2.10. The molecule has 0 aliphatic carbocycles. The van der Waals surface area contributed by atoms with Crippen molar-refractivity contribution in [3.05, 3.63) is 18.2 Å². The van der Waals surface area contributed by atoms with Gasteiger partial charge in [-0.05, 0) is 18.1 Å².